The molecule has 2 rings (SSSR count). The Kier molecular flexibility index (Phi) is 1.43. The minimum absolute atomic E-state index is 1.03. The molecule has 10 heavy (non-hydrogen) atoms. The van der Waals surface area contributed by atoms with Gasteiger partial charge in [-0.3, -0.25) is 0 Å². The summed E-state index contributed by atoms with van der Waals surface area (Å²) in [7, 11) is 0. The van der Waals surface area contributed by atoms with Gasteiger partial charge in [0.2, 0.25) is 0 Å². The molecule has 1 aromatic carbocycles. The van der Waals surface area contributed by atoms with E-state index in [-0.39, 0.29) is 0 Å². The van der Waals surface area contributed by atoms with Gasteiger partial charge in [-0.15, -0.1) is 24.0 Å². The zero-order valence-electron chi connectivity index (χ0n) is 5.24. The van der Waals surface area contributed by atoms with Crippen LogP contribution in [-0.2, 0) is 0 Å². The lowest BCUT2D eigenvalue weighted by atomic mass is 10.3. The van der Waals surface area contributed by atoms with Gasteiger partial charge in [-0.2, -0.15) is 0 Å². The van der Waals surface area contributed by atoms with E-state index in [1.807, 2.05) is 6.07 Å². The fraction of sp³-hybridized carbons (Fsp3) is 0. The van der Waals surface area contributed by atoms with Gasteiger partial charge >= 0.3 is 0 Å². The minimum Gasteiger partial charge on any atom is -0.144 e. The molecule has 0 bridgehead atoms. The highest BCUT2D eigenvalue weighted by atomic mass is 32.1. The Morgan fingerprint density at radius 3 is 3.00 bits per heavy atom. The summed E-state index contributed by atoms with van der Waals surface area (Å²) in [6.07, 6.45) is 0. The van der Waals surface area contributed by atoms with Crippen LogP contribution < -0.4 is 0 Å². The maximum absolute atomic E-state index is 4.24. The second kappa shape index (κ2) is 2.29. The van der Waals surface area contributed by atoms with E-state index >= 15 is 0 Å². The van der Waals surface area contributed by atoms with Crippen LogP contribution in [-0.4, -0.2) is 0 Å². The van der Waals surface area contributed by atoms with Gasteiger partial charge in [-0.25, -0.2) is 0 Å². The lowest BCUT2D eigenvalue weighted by Gasteiger charge is -1.89. The molecule has 1 aromatic heterocycles. The van der Waals surface area contributed by atoms with E-state index in [1.165, 1.54) is 10.1 Å². The maximum Gasteiger partial charge on any atom is 0.0343 e. The van der Waals surface area contributed by atoms with Crippen LogP contribution in [0.2, 0.25) is 0 Å². The number of fused-ring (bicyclic) bond motifs is 1. The fourth-order valence-electron chi connectivity index (χ4n) is 0.954. The summed E-state index contributed by atoms with van der Waals surface area (Å²) in [6.45, 7) is 0. The molecule has 0 atom stereocenters. The first-order valence-electron chi connectivity index (χ1n) is 3.02. The van der Waals surface area contributed by atoms with Crippen molar-refractivity contribution in [2.75, 3.05) is 0 Å². The number of hydrogen-bond donors (Lipinski definition) is 1. The van der Waals surface area contributed by atoms with E-state index in [1.54, 1.807) is 11.3 Å². The largest absolute Gasteiger partial charge is 0.144 e. The number of thiophene rings is 1. The lowest BCUT2D eigenvalue weighted by Crippen LogP contribution is -1.62. The van der Waals surface area contributed by atoms with Gasteiger partial charge in [0.05, 0.1) is 0 Å². The lowest BCUT2D eigenvalue weighted by molar-refractivity contribution is 1.54. The quantitative estimate of drug-likeness (QED) is 0.571. The molecular formula is C8H6S2. The standard InChI is InChI=1S/C8H6S2/c9-7-1-2-8-6(5-7)3-4-10-8/h1-5,9H. The van der Waals surface area contributed by atoms with Crippen LogP contribution in [0, 0.1) is 0 Å². The van der Waals surface area contributed by atoms with Gasteiger partial charge in [0.15, 0.2) is 0 Å². The Morgan fingerprint density at radius 1 is 1.20 bits per heavy atom. The first-order chi connectivity index (χ1) is 4.86. The maximum atomic E-state index is 4.24. The van der Waals surface area contributed by atoms with Crippen molar-refractivity contribution < 1.29 is 0 Å². The van der Waals surface area contributed by atoms with E-state index in [9.17, 15) is 0 Å². The number of rotatable bonds is 0. The summed E-state index contributed by atoms with van der Waals surface area (Å²) in [6, 6.07) is 8.30. The molecule has 0 nitrogen and oxygen atoms in total. The van der Waals surface area contributed by atoms with Crippen LogP contribution in [0.3, 0.4) is 0 Å². The van der Waals surface area contributed by atoms with Crippen molar-refractivity contribution in [2.45, 2.75) is 4.90 Å². The summed E-state index contributed by atoms with van der Waals surface area (Å²) in [5, 5.41) is 3.38. The predicted octanol–water partition coefficient (Wildman–Crippen LogP) is 3.19. The summed E-state index contributed by atoms with van der Waals surface area (Å²) in [5.74, 6) is 0. The SMILES string of the molecule is Sc1ccc2sccc2c1. The van der Waals surface area contributed by atoms with Gasteiger partial charge in [0, 0.05) is 9.60 Å². The van der Waals surface area contributed by atoms with E-state index in [0.29, 0.717) is 0 Å². The molecule has 0 radical (unpaired) electrons. The van der Waals surface area contributed by atoms with Gasteiger partial charge < -0.3 is 0 Å². The normalized spacial score (nSPS) is 10.5. The van der Waals surface area contributed by atoms with Crippen molar-refractivity contribution in [1.82, 2.24) is 0 Å². The van der Waals surface area contributed by atoms with Gasteiger partial charge in [-0.05, 0) is 35.0 Å². The highest BCUT2D eigenvalue weighted by Gasteiger charge is 1.92. The number of benzene rings is 1. The summed E-state index contributed by atoms with van der Waals surface area (Å²) < 4.78 is 1.33. The predicted molar refractivity (Wildman–Crippen MR) is 49.1 cm³/mol. The third-order valence-electron chi connectivity index (χ3n) is 1.44. The molecule has 0 aliphatic rings. The molecule has 0 saturated heterocycles. The van der Waals surface area contributed by atoms with Crippen LogP contribution >= 0.6 is 24.0 Å². The third-order valence-corrected chi connectivity index (χ3v) is 2.61. The molecule has 0 spiro atoms. The van der Waals surface area contributed by atoms with Crippen LogP contribution in [0.1, 0.15) is 0 Å². The molecular weight excluding hydrogens is 160 g/mol. The first kappa shape index (κ1) is 6.25. The Morgan fingerprint density at radius 2 is 2.10 bits per heavy atom. The zero-order chi connectivity index (χ0) is 6.97. The van der Waals surface area contributed by atoms with E-state index in [0.717, 1.165) is 4.90 Å². The second-order valence-electron chi connectivity index (χ2n) is 2.14. The topological polar surface area (TPSA) is 0 Å². The van der Waals surface area contributed by atoms with E-state index in [2.05, 4.69) is 36.2 Å². The van der Waals surface area contributed by atoms with Crippen LogP contribution in [0.15, 0.2) is 34.5 Å². The van der Waals surface area contributed by atoms with Crippen molar-refractivity contribution in [3.05, 3.63) is 29.6 Å². The Balaban J connectivity index is 2.86. The van der Waals surface area contributed by atoms with Crippen molar-refractivity contribution in [1.29, 1.82) is 0 Å². The van der Waals surface area contributed by atoms with Gasteiger partial charge in [-0.1, -0.05) is 0 Å². The average Bonchev–Trinajstić information content (AvgIpc) is 2.33. The Bertz CT molecular complexity index is 349. The van der Waals surface area contributed by atoms with Crippen molar-refractivity contribution >= 4 is 34.1 Å². The van der Waals surface area contributed by atoms with Crippen molar-refractivity contribution in [2.24, 2.45) is 0 Å². The number of thiol groups is 1. The molecule has 0 amide bonds. The molecule has 2 aromatic rings. The molecule has 0 fully saturated rings. The average molecular weight is 166 g/mol. The Hall–Kier alpha value is -0.470. The summed E-state index contributed by atoms with van der Waals surface area (Å²) in [4.78, 5) is 1.03. The minimum atomic E-state index is 1.03. The molecule has 0 saturated carbocycles. The fourth-order valence-corrected chi connectivity index (χ4v) is 1.94. The molecule has 2 heteroatoms. The molecule has 50 valence electrons. The monoisotopic (exact) mass is 166 g/mol. The van der Waals surface area contributed by atoms with Crippen LogP contribution in [0.5, 0.6) is 0 Å². The molecule has 0 aliphatic carbocycles. The molecule has 0 unspecified atom stereocenters. The van der Waals surface area contributed by atoms with E-state index < -0.39 is 0 Å². The van der Waals surface area contributed by atoms with Crippen molar-refractivity contribution in [3.8, 4) is 0 Å². The third kappa shape index (κ3) is 0.935. The molecule has 0 N–H and O–H groups in total. The van der Waals surface area contributed by atoms with Crippen LogP contribution in [0.25, 0.3) is 10.1 Å². The molecule has 0 aliphatic heterocycles. The number of hydrogen-bond acceptors (Lipinski definition) is 2. The molecule has 1 heterocycles. The van der Waals surface area contributed by atoms with Gasteiger partial charge in [0.1, 0.15) is 0 Å². The summed E-state index contributed by atoms with van der Waals surface area (Å²) >= 11 is 6.00. The highest BCUT2D eigenvalue weighted by molar-refractivity contribution is 7.80. The smallest absolute Gasteiger partial charge is 0.0343 e. The Labute approximate surface area is 68.9 Å². The van der Waals surface area contributed by atoms with Crippen LogP contribution in [0.4, 0.5) is 0 Å². The van der Waals surface area contributed by atoms with E-state index in [4.69, 9.17) is 0 Å². The zero-order valence-corrected chi connectivity index (χ0v) is 6.95. The summed E-state index contributed by atoms with van der Waals surface area (Å²) in [5.41, 5.74) is 0. The highest BCUT2D eigenvalue weighted by Crippen LogP contribution is 2.22. The van der Waals surface area contributed by atoms with Crippen molar-refractivity contribution in [3.63, 3.8) is 0 Å². The second-order valence-corrected chi connectivity index (χ2v) is 3.61. The first-order valence-corrected chi connectivity index (χ1v) is 4.35. The van der Waals surface area contributed by atoms with Gasteiger partial charge in [0.25, 0.3) is 0 Å².